The first kappa shape index (κ1) is 18.2. The van der Waals surface area contributed by atoms with Crippen molar-refractivity contribution in [2.75, 3.05) is 14.1 Å². The second kappa shape index (κ2) is 7.44. The van der Waals surface area contributed by atoms with Gasteiger partial charge in [0.05, 0.1) is 0 Å². The maximum atomic E-state index is 9.06. The van der Waals surface area contributed by atoms with Crippen molar-refractivity contribution in [1.82, 2.24) is 4.90 Å². The molecule has 4 unspecified atom stereocenters. The molecule has 1 saturated carbocycles. The number of fused-ring (bicyclic) bond motifs is 1. The van der Waals surface area contributed by atoms with Crippen molar-refractivity contribution in [2.45, 2.75) is 38.1 Å². The Morgan fingerprint density at radius 1 is 0.963 bits per heavy atom. The summed E-state index contributed by atoms with van der Waals surface area (Å²) >= 11 is 0. The Balaban J connectivity index is 1.70. The minimum atomic E-state index is 0.299. The maximum Gasteiger partial charge on any atom is 0.0420 e. The fourth-order valence-electron chi connectivity index (χ4n) is 5.28. The summed E-state index contributed by atoms with van der Waals surface area (Å²) in [6, 6.07) is 19.8. The number of nitrogens with one attached hydrogen (secondary N) is 1. The van der Waals surface area contributed by atoms with Crippen LogP contribution in [0.4, 0.5) is 0 Å². The average Bonchev–Trinajstić information content (AvgIpc) is 3.03. The van der Waals surface area contributed by atoms with Crippen LogP contribution in [0.25, 0.3) is 6.08 Å². The van der Waals surface area contributed by atoms with E-state index in [1.165, 1.54) is 29.5 Å². The lowest BCUT2D eigenvalue weighted by Gasteiger charge is -2.42. The molecule has 2 aromatic rings. The van der Waals surface area contributed by atoms with Gasteiger partial charge in [0.15, 0.2) is 0 Å². The first-order valence-electron chi connectivity index (χ1n) is 10.1. The van der Waals surface area contributed by atoms with Crippen LogP contribution in [0.2, 0.25) is 0 Å². The third kappa shape index (κ3) is 3.39. The lowest BCUT2D eigenvalue weighted by Crippen LogP contribution is -2.41. The molecule has 0 aromatic heterocycles. The highest BCUT2D eigenvalue weighted by Crippen LogP contribution is 2.49. The van der Waals surface area contributed by atoms with E-state index >= 15 is 0 Å². The summed E-state index contributed by atoms with van der Waals surface area (Å²) in [5.74, 6) is 1.26. The minimum Gasteiger partial charge on any atom is -0.306 e. The van der Waals surface area contributed by atoms with Gasteiger partial charge in [-0.15, -0.1) is 0 Å². The fourth-order valence-corrected chi connectivity index (χ4v) is 5.28. The Bertz CT molecular complexity index is 850. The minimum absolute atomic E-state index is 0.299. The van der Waals surface area contributed by atoms with E-state index in [-0.39, 0.29) is 0 Å². The molecule has 140 valence electrons. The molecule has 1 fully saturated rings. The molecule has 0 bridgehead atoms. The van der Waals surface area contributed by atoms with Crippen molar-refractivity contribution in [2.24, 2.45) is 11.8 Å². The quantitative estimate of drug-likeness (QED) is 0.708. The molecule has 0 radical (unpaired) electrons. The maximum absolute atomic E-state index is 9.06. The van der Waals surface area contributed by atoms with Crippen LogP contribution < -0.4 is 0 Å². The lowest BCUT2D eigenvalue weighted by molar-refractivity contribution is 0.157. The highest BCUT2D eigenvalue weighted by molar-refractivity contribution is 6.00. The summed E-state index contributed by atoms with van der Waals surface area (Å²) in [5.41, 5.74) is 6.22. The van der Waals surface area contributed by atoms with E-state index < -0.39 is 0 Å². The van der Waals surface area contributed by atoms with Gasteiger partial charge in [-0.3, -0.25) is 0 Å². The van der Waals surface area contributed by atoms with Crippen LogP contribution in [0.1, 0.15) is 48.8 Å². The number of hydrogen-bond acceptors (Lipinski definition) is 2. The molecule has 2 aliphatic carbocycles. The first-order valence-corrected chi connectivity index (χ1v) is 10.1. The molecule has 0 amide bonds. The van der Waals surface area contributed by atoms with Gasteiger partial charge in [0.25, 0.3) is 0 Å². The highest BCUT2D eigenvalue weighted by atomic mass is 15.1. The predicted octanol–water partition coefficient (Wildman–Crippen LogP) is 5.60. The fraction of sp³-hybridized carbons (Fsp3) is 0.400. The van der Waals surface area contributed by atoms with Crippen LogP contribution in [0.3, 0.4) is 0 Å². The predicted molar refractivity (Wildman–Crippen MR) is 114 cm³/mol. The second-order valence-electron chi connectivity index (χ2n) is 8.48. The molecular formula is C25H30N2. The molecule has 2 aliphatic rings. The summed E-state index contributed by atoms with van der Waals surface area (Å²) in [6.07, 6.45) is 5.85. The Labute approximate surface area is 163 Å². The van der Waals surface area contributed by atoms with Crippen LogP contribution >= 0.6 is 0 Å². The van der Waals surface area contributed by atoms with Crippen molar-refractivity contribution in [3.8, 4) is 0 Å². The summed E-state index contributed by atoms with van der Waals surface area (Å²) < 4.78 is 0. The molecule has 2 aromatic carbocycles. The lowest BCUT2D eigenvalue weighted by atomic mass is 9.65. The molecule has 2 nitrogen and oxygen atoms in total. The van der Waals surface area contributed by atoms with Gasteiger partial charge in [-0.25, -0.2) is 0 Å². The third-order valence-corrected chi connectivity index (χ3v) is 6.69. The van der Waals surface area contributed by atoms with Crippen molar-refractivity contribution < 1.29 is 0 Å². The van der Waals surface area contributed by atoms with Gasteiger partial charge in [0, 0.05) is 23.6 Å². The Morgan fingerprint density at radius 3 is 2.41 bits per heavy atom. The van der Waals surface area contributed by atoms with Crippen LogP contribution in [0, 0.1) is 17.2 Å². The van der Waals surface area contributed by atoms with Crippen molar-refractivity contribution in [3.63, 3.8) is 0 Å². The zero-order chi connectivity index (χ0) is 19.0. The monoisotopic (exact) mass is 358 g/mol. The topological polar surface area (TPSA) is 27.1 Å². The second-order valence-corrected chi connectivity index (χ2v) is 8.48. The molecule has 1 N–H and O–H groups in total. The van der Waals surface area contributed by atoms with E-state index in [0.717, 1.165) is 17.7 Å². The van der Waals surface area contributed by atoms with Crippen LogP contribution in [0.5, 0.6) is 0 Å². The standard InChI is InChI=1S/C25H30N2/c1-17-15-19-11-7-8-12-21(19)24(17)22-14-13-20(27(2)3)16-23(22)25(26)18-9-5-4-6-10-18/h4-12,15,20,22-24,26H,13-14,16H2,1-3H3. The third-order valence-electron chi connectivity index (χ3n) is 6.69. The van der Waals surface area contributed by atoms with E-state index in [2.05, 4.69) is 80.5 Å². The zero-order valence-corrected chi connectivity index (χ0v) is 16.7. The Hall–Kier alpha value is -2.19. The molecule has 2 heteroatoms. The SMILES string of the molecule is CC1=Cc2ccccc2C1C1CCC(N(C)C)CC1C(=N)c1ccccc1. The Kier molecular flexibility index (Phi) is 5.01. The number of hydrogen-bond donors (Lipinski definition) is 1. The van der Waals surface area contributed by atoms with Gasteiger partial charge in [0.2, 0.25) is 0 Å². The normalized spacial score (nSPS) is 27.3. The molecule has 0 aliphatic heterocycles. The molecule has 0 heterocycles. The van der Waals surface area contributed by atoms with Gasteiger partial charge < -0.3 is 10.3 Å². The van der Waals surface area contributed by atoms with E-state index in [0.29, 0.717) is 23.8 Å². The molecule has 27 heavy (non-hydrogen) atoms. The smallest absolute Gasteiger partial charge is 0.0420 e. The van der Waals surface area contributed by atoms with Crippen LogP contribution in [-0.2, 0) is 0 Å². The van der Waals surface area contributed by atoms with Gasteiger partial charge in [0.1, 0.15) is 0 Å². The summed E-state index contributed by atoms with van der Waals surface area (Å²) in [4.78, 5) is 2.35. The first-order chi connectivity index (χ1) is 13.1. The number of allylic oxidation sites excluding steroid dienone is 1. The van der Waals surface area contributed by atoms with E-state index in [1.54, 1.807) is 0 Å². The average molecular weight is 359 g/mol. The van der Waals surface area contributed by atoms with E-state index in [4.69, 9.17) is 5.41 Å². The largest absolute Gasteiger partial charge is 0.306 e. The summed E-state index contributed by atoms with van der Waals surface area (Å²) in [6.45, 7) is 2.28. The summed E-state index contributed by atoms with van der Waals surface area (Å²) in [5, 5.41) is 9.06. The van der Waals surface area contributed by atoms with E-state index in [9.17, 15) is 0 Å². The molecular weight excluding hydrogens is 328 g/mol. The van der Waals surface area contributed by atoms with Crippen molar-refractivity contribution >= 4 is 11.8 Å². The van der Waals surface area contributed by atoms with E-state index in [1.807, 2.05) is 6.07 Å². The van der Waals surface area contributed by atoms with Gasteiger partial charge in [-0.1, -0.05) is 66.2 Å². The summed E-state index contributed by atoms with van der Waals surface area (Å²) in [7, 11) is 4.37. The van der Waals surface area contributed by atoms with Gasteiger partial charge in [-0.2, -0.15) is 0 Å². The molecule has 4 atom stereocenters. The van der Waals surface area contributed by atoms with Crippen LogP contribution in [0.15, 0.2) is 60.2 Å². The highest BCUT2D eigenvalue weighted by Gasteiger charge is 2.41. The number of benzene rings is 2. The molecule has 0 spiro atoms. The molecule has 0 saturated heterocycles. The van der Waals surface area contributed by atoms with Crippen LogP contribution in [-0.4, -0.2) is 30.7 Å². The van der Waals surface area contributed by atoms with Gasteiger partial charge >= 0.3 is 0 Å². The molecule has 4 rings (SSSR count). The zero-order valence-electron chi connectivity index (χ0n) is 16.7. The van der Waals surface area contributed by atoms with Crippen molar-refractivity contribution in [3.05, 3.63) is 76.9 Å². The number of nitrogens with zero attached hydrogens (tertiary/aromatic N) is 1. The number of rotatable bonds is 4. The van der Waals surface area contributed by atoms with Gasteiger partial charge in [-0.05, 0) is 62.9 Å². The Morgan fingerprint density at radius 2 is 1.67 bits per heavy atom. The van der Waals surface area contributed by atoms with Crippen molar-refractivity contribution in [1.29, 1.82) is 5.41 Å².